The van der Waals surface area contributed by atoms with Gasteiger partial charge in [0.2, 0.25) is 0 Å². The monoisotopic (exact) mass is 282 g/mol. The van der Waals surface area contributed by atoms with Crippen molar-refractivity contribution in [2.45, 2.75) is 40.3 Å². The van der Waals surface area contributed by atoms with Gasteiger partial charge < -0.3 is 10.6 Å². The van der Waals surface area contributed by atoms with E-state index >= 15 is 0 Å². The molecule has 1 heterocycles. The Balaban J connectivity index is 2.34. The Morgan fingerprint density at radius 3 is 2.35 bits per heavy atom. The predicted molar refractivity (Wildman–Crippen MR) is 82.4 cm³/mol. The number of hydrogen-bond acceptors (Lipinski definition) is 5. The Bertz CT molecular complexity index is 347. The fourth-order valence-corrected chi connectivity index (χ4v) is 2.29. The lowest BCUT2D eigenvalue weighted by Gasteiger charge is -2.22. The maximum atomic E-state index is 5.51. The van der Waals surface area contributed by atoms with E-state index in [-0.39, 0.29) is 0 Å². The van der Waals surface area contributed by atoms with Gasteiger partial charge in [0.25, 0.3) is 0 Å². The van der Waals surface area contributed by atoms with Crippen LogP contribution in [0.1, 0.15) is 32.9 Å². The summed E-state index contributed by atoms with van der Waals surface area (Å²) in [5.41, 5.74) is 6.54. The highest BCUT2D eigenvalue weighted by Crippen LogP contribution is 2.02. The van der Waals surface area contributed by atoms with Gasteiger partial charge >= 0.3 is 0 Å². The van der Waals surface area contributed by atoms with Crippen molar-refractivity contribution in [2.24, 2.45) is 5.73 Å². The third-order valence-electron chi connectivity index (χ3n) is 3.62. The van der Waals surface area contributed by atoms with Crippen LogP contribution in [0.3, 0.4) is 0 Å². The Labute approximate surface area is 122 Å². The van der Waals surface area contributed by atoms with Crippen molar-refractivity contribution in [3.05, 3.63) is 11.9 Å². The minimum atomic E-state index is 0.601. The second-order valence-electron chi connectivity index (χ2n) is 5.01. The summed E-state index contributed by atoms with van der Waals surface area (Å²) in [6.07, 6.45) is 3.20. The molecule has 0 radical (unpaired) electrons. The van der Waals surface area contributed by atoms with Gasteiger partial charge in [-0.3, -0.25) is 9.58 Å². The van der Waals surface area contributed by atoms with Crippen LogP contribution in [0.25, 0.3) is 0 Å². The van der Waals surface area contributed by atoms with E-state index in [9.17, 15) is 0 Å². The summed E-state index contributed by atoms with van der Waals surface area (Å²) < 4.78 is 1.82. The fraction of sp³-hybridized carbons (Fsp3) is 0.857. The first kappa shape index (κ1) is 17.1. The lowest BCUT2D eigenvalue weighted by Crippen LogP contribution is -2.29. The van der Waals surface area contributed by atoms with Crippen LogP contribution in [0, 0.1) is 0 Å². The summed E-state index contributed by atoms with van der Waals surface area (Å²) in [4.78, 5) is 4.88. The molecular weight excluding hydrogens is 252 g/mol. The van der Waals surface area contributed by atoms with Gasteiger partial charge in [-0.25, -0.2) is 0 Å². The lowest BCUT2D eigenvalue weighted by atomic mass is 10.3. The molecule has 0 atom stereocenters. The van der Waals surface area contributed by atoms with Crippen LogP contribution in [0.5, 0.6) is 0 Å². The van der Waals surface area contributed by atoms with Crippen molar-refractivity contribution >= 4 is 0 Å². The highest BCUT2D eigenvalue weighted by atomic mass is 15.4. The number of aromatic nitrogens is 3. The first-order chi connectivity index (χ1) is 9.73. The smallest absolute Gasteiger partial charge is 0.0967 e. The lowest BCUT2D eigenvalue weighted by molar-refractivity contribution is 0.236. The quantitative estimate of drug-likeness (QED) is 0.650. The maximum absolute atomic E-state index is 5.51. The topological polar surface area (TPSA) is 63.2 Å². The molecule has 0 aromatic carbocycles. The zero-order valence-electron chi connectivity index (χ0n) is 13.3. The molecule has 0 amide bonds. The first-order valence-corrected chi connectivity index (χ1v) is 7.77. The standard InChI is InChI=1S/C14H30N6/c1-4-18(5-2)9-7-10-19(6-3)12-14-13-20(11-8-15)17-16-14/h13H,4-12,15H2,1-3H3. The van der Waals surface area contributed by atoms with Gasteiger partial charge in [0.15, 0.2) is 0 Å². The van der Waals surface area contributed by atoms with Crippen molar-refractivity contribution in [1.82, 2.24) is 24.8 Å². The molecule has 1 aromatic rings. The van der Waals surface area contributed by atoms with Crippen molar-refractivity contribution in [1.29, 1.82) is 0 Å². The summed E-state index contributed by atoms with van der Waals surface area (Å²) >= 11 is 0. The van der Waals surface area contributed by atoms with Crippen LogP contribution in [0.15, 0.2) is 6.20 Å². The van der Waals surface area contributed by atoms with Crippen LogP contribution in [-0.4, -0.2) is 64.1 Å². The van der Waals surface area contributed by atoms with Crippen molar-refractivity contribution < 1.29 is 0 Å². The Morgan fingerprint density at radius 2 is 1.75 bits per heavy atom. The number of hydrogen-bond donors (Lipinski definition) is 1. The highest BCUT2D eigenvalue weighted by molar-refractivity contribution is 4.92. The largest absolute Gasteiger partial charge is 0.329 e. The van der Waals surface area contributed by atoms with Gasteiger partial charge in [-0.05, 0) is 39.1 Å². The molecule has 0 saturated carbocycles. The first-order valence-electron chi connectivity index (χ1n) is 7.77. The van der Waals surface area contributed by atoms with Gasteiger partial charge in [0.1, 0.15) is 0 Å². The number of nitrogens with zero attached hydrogens (tertiary/aromatic N) is 5. The van der Waals surface area contributed by atoms with E-state index in [0.29, 0.717) is 6.54 Å². The van der Waals surface area contributed by atoms with Gasteiger partial charge in [-0.15, -0.1) is 5.10 Å². The zero-order valence-corrected chi connectivity index (χ0v) is 13.3. The molecule has 0 fully saturated rings. The third kappa shape index (κ3) is 5.98. The minimum absolute atomic E-state index is 0.601. The molecule has 0 saturated heterocycles. The molecule has 2 N–H and O–H groups in total. The highest BCUT2D eigenvalue weighted by Gasteiger charge is 2.08. The van der Waals surface area contributed by atoms with Crippen LogP contribution in [0.2, 0.25) is 0 Å². The molecule has 116 valence electrons. The molecular formula is C14H30N6. The molecule has 0 aliphatic carbocycles. The van der Waals surface area contributed by atoms with Gasteiger partial charge in [0.05, 0.1) is 12.2 Å². The molecule has 6 heteroatoms. The Morgan fingerprint density at radius 1 is 1.10 bits per heavy atom. The molecule has 1 rings (SSSR count). The average molecular weight is 282 g/mol. The van der Waals surface area contributed by atoms with Crippen LogP contribution >= 0.6 is 0 Å². The van der Waals surface area contributed by atoms with E-state index in [1.54, 1.807) is 0 Å². The molecule has 1 aromatic heterocycles. The van der Waals surface area contributed by atoms with E-state index < -0.39 is 0 Å². The number of nitrogens with two attached hydrogens (primary N) is 1. The van der Waals surface area contributed by atoms with E-state index in [0.717, 1.165) is 45.0 Å². The molecule has 0 bridgehead atoms. The predicted octanol–water partition coefficient (Wildman–Crippen LogP) is 0.791. The van der Waals surface area contributed by atoms with Crippen LogP contribution in [-0.2, 0) is 13.1 Å². The van der Waals surface area contributed by atoms with E-state index in [2.05, 4.69) is 40.9 Å². The molecule has 6 nitrogen and oxygen atoms in total. The molecule has 0 aliphatic heterocycles. The third-order valence-corrected chi connectivity index (χ3v) is 3.62. The van der Waals surface area contributed by atoms with E-state index in [1.165, 1.54) is 13.0 Å². The summed E-state index contributed by atoms with van der Waals surface area (Å²) in [6.45, 7) is 14.4. The van der Waals surface area contributed by atoms with Crippen molar-refractivity contribution in [3.63, 3.8) is 0 Å². The summed E-state index contributed by atoms with van der Waals surface area (Å²) in [7, 11) is 0. The van der Waals surface area contributed by atoms with Crippen molar-refractivity contribution in [3.8, 4) is 0 Å². The summed E-state index contributed by atoms with van der Waals surface area (Å²) in [5.74, 6) is 0. The molecule has 0 aliphatic rings. The van der Waals surface area contributed by atoms with Gasteiger partial charge in [0, 0.05) is 19.3 Å². The molecule has 20 heavy (non-hydrogen) atoms. The van der Waals surface area contributed by atoms with Gasteiger partial charge in [-0.2, -0.15) is 0 Å². The molecule has 0 unspecified atom stereocenters. The number of rotatable bonds is 11. The average Bonchev–Trinajstić information content (AvgIpc) is 2.90. The zero-order chi connectivity index (χ0) is 14.8. The maximum Gasteiger partial charge on any atom is 0.0967 e. The van der Waals surface area contributed by atoms with E-state index in [1.807, 2.05) is 10.9 Å². The van der Waals surface area contributed by atoms with Crippen LogP contribution < -0.4 is 5.73 Å². The van der Waals surface area contributed by atoms with Crippen molar-refractivity contribution in [2.75, 3.05) is 39.3 Å². The Hall–Kier alpha value is -0.980. The molecule has 0 spiro atoms. The van der Waals surface area contributed by atoms with Gasteiger partial charge in [-0.1, -0.05) is 26.0 Å². The fourth-order valence-electron chi connectivity index (χ4n) is 2.29. The SMILES string of the molecule is CCN(CC)CCCN(CC)Cc1cn(CCN)nn1. The van der Waals surface area contributed by atoms with Crippen LogP contribution in [0.4, 0.5) is 0 Å². The minimum Gasteiger partial charge on any atom is -0.329 e. The normalized spacial score (nSPS) is 11.7. The summed E-state index contributed by atoms with van der Waals surface area (Å²) in [5, 5.41) is 8.28. The second-order valence-corrected chi connectivity index (χ2v) is 5.01. The Kier molecular flexibility index (Phi) is 8.41. The second kappa shape index (κ2) is 9.85. The summed E-state index contributed by atoms with van der Waals surface area (Å²) in [6, 6.07) is 0. The van der Waals surface area contributed by atoms with E-state index in [4.69, 9.17) is 5.73 Å².